The molecule has 0 amide bonds. The Morgan fingerprint density at radius 1 is 1.31 bits per heavy atom. The Labute approximate surface area is 150 Å². The smallest absolute Gasteiger partial charge is 0.408 e. The number of hydrogen-bond acceptors (Lipinski definition) is 7. The van der Waals surface area contributed by atoms with Crippen molar-refractivity contribution < 1.29 is 17.4 Å². The number of nitrogens with zero attached hydrogens (tertiary/aromatic N) is 3. The first-order valence-electron chi connectivity index (χ1n) is 8.08. The summed E-state index contributed by atoms with van der Waals surface area (Å²) in [6.07, 6.45) is 0.629. The van der Waals surface area contributed by atoms with Gasteiger partial charge in [-0.1, -0.05) is 12.1 Å². The molecule has 0 atom stereocenters. The van der Waals surface area contributed by atoms with Crippen LogP contribution in [0.25, 0.3) is 11.1 Å². The van der Waals surface area contributed by atoms with E-state index >= 15 is 0 Å². The molecule has 0 spiro atoms. The quantitative estimate of drug-likeness (QED) is 0.692. The molecule has 1 N–H and O–H groups in total. The summed E-state index contributed by atoms with van der Waals surface area (Å²) in [4.78, 5) is 16.2. The number of rotatable bonds is 6. The largest absolute Gasteiger partial charge is 0.420 e. The minimum absolute atomic E-state index is 0.0304. The van der Waals surface area contributed by atoms with Gasteiger partial charge >= 0.3 is 5.76 Å². The monoisotopic (exact) mass is 380 g/mol. The molecule has 0 aliphatic heterocycles. The summed E-state index contributed by atoms with van der Waals surface area (Å²) in [6.45, 7) is 7.20. The summed E-state index contributed by atoms with van der Waals surface area (Å²) in [5.41, 5.74) is 0.0374. The van der Waals surface area contributed by atoms with E-state index in [1.807, 2.05) is 6.92 Å². The highest BCUT2D eigenvalue weighted by atomic mass is 32.2. The number of aromatic nitrogens is 3. The molecule has 140 valence electrons. The van der Waals surface area contributed by atoms with Crippen LogP contribution in [-0.4, -0.2) is 28.7 Å². The minimum atomic E-state index is -3.74. The summed E-state index contributed by atoms with van der Waals surface area (Å²) in [6, 6.07) is 4.30. The lowest BCUT2D eigenvalue weighted by Gasteiger charge is -2.24. The Morgan fingerprint density at radius 3 is 2.65 bits per heavy atom. The summed E-state index contributed by atoms with van der Waals surface area (Å²) < 4.78 is 39.2. The van der Waals surface area contributed by atoms with Crippen molar-refractivity contribution in [2.45, 2.75) is 51.1 Å². The van der Waals surface area contributed by atoms with Crippen LogP contribution in [-0.2, 0) is 16.6 Å². The van der Waals surface area contributed by atoms with Crippen molar-refractivity contribution in [2.75, 3.05) is 0 Å². The lowest BCUT2D eigenvalue weighted by atomic mass is 10.0. The van der Waals surface area contributed by atoms with E-state index < -0.39 is 21.3 Å². The minimum Gasteiger partial charge on any atom is -0.408 e. The molecule has 0 aliphatic carbocycles. The first-order chi connectivity index (χ1) is 12.1. The predicted molar refractivity (Wildman–Crippen MR) is 93.3 cm³/mol. The number of nitrogens with one attached hydrogen (secondary N) is 1. The molecule has 2 heterocycles. The van der Waals surface area contributed by atoms with E-state index in [9.17, 15) is 13.2 Å². The Hall–Kier alpha value is -2.46. The van der Waals surface area contributed by atoms with E-state index in [2.05, 4.69) is 14.9 Å². The molecule has 0 saturated heterocycles. The van der Waals surface area contributed by atoms with Crippen molar-refractivity contribution in [2.24, 2.45) is 0 Å². The first-order valence-corrected chi connectivity index (χ1v) is 9.56. The highest BCUT2D eigenvalue weighted by molar-refractivity contribution is 7.89. The van der Waals surface area contributed by atoms with Gasteiger partial charge in [0.2, 0.25) is 15.9 Å². The van der Waals surface area contributed by atoms with Gasteiger partial charge < -0.3 is 8.94 Å². The third kappa shape index (κ3) is 3.56. The van der Waals surface area contributed by atoms with Crippen LogP contribution in [0.4, 0.5) is 0 Å². The van der Waals surface area contributed by atoms with E-state index in [1.165, 1.54) is 22.8 Å². The van der Waals surface area contributed by atoms with Gasteiger partial charge in [0, 0.05) is 18.5 Å². The SMILES string of the molecule is CCC(C)(C)NS(=O)(=O)c1ccc2c(c1)oc(=O)n2Cc1noc(C)n1. The highest BCUT2D eigenvalue weighted by Gasteiger charge is 2.25. The summed E-state index contributed by atoms with van der Waals surface area (Å²) in [5, 5.41) is 3.75. The molecule has 0 radical (unpaired) electrons. The van der Waals surface area contributed by atoms with Gasteiger partial charge in [-0.25, -0.2) is 17.9 Å². The molecule has 2 aromatic heterocycles. The van der Waals surface area contributed by atoms with Crippen LogP contribution in [0.2, 0.25) is 0 Å². The van der Waals surface area contributed by atoms with Crippen LogP contribution in [0.3, 0.4) is 0 Å². The van der Waals surface area contributed by atoms with Crippen molar-refractivity contribution in [3.05, 3.63) is 40.5 Å². The Kier molecular flexibility index (Phi) is 4.49. The zero-order chi connectivity index (χ0) is 19.1. The van der Waals surface area contributed by atoms with E-state index in [4.69, 9.17) is 8.94 Å². The second-order valence-corrected chi connectivity index (χ2v) is 8.34. The second kappa shape index (κ2) is 6.36. The van der Waals surface area contributed by atoms with Crippen molar-refractivity contribution in [3.63, 3.8) is 0 Å². The second-order valence-electron chi connectivity index (χ2n) is 6.66. The molecular formula is C16H20N4O5S. The summed E-state index contributed by atoms with van der Waals surface area (Å²) in [5.74, 6) is 0.0908. The summed E-state index contributed by atoms with van der Waals surface area (Å²) >= 11 is 0. The van der Waals surface area contributed by atoms with Crippen molar-refractivity contribution in [1.29, 1.82) is 0 Å². The van der Waals surface area contributed by atoms with Crippen LogP contribution >= 0.6 is 0 Å². The van der Waals surface area contributed by atoms with Crippen molar-refractivity contribution in [3.8, 4) is 0 Å². The maximum Gasteiger partial charge on any atom is 0.420 e. The molecule has 0 unspecified atom stereocenters. The average molecular weight is 380 g/mol. The molecule has 0 bridgehead atoms. The van der Waals surface area contributed by atoms with E-state index in [0.717, 1.165) is 0 Å². The predicted octanol–water partition coefficient (Wildman–Crippen LogP) is 1.80. The maximum absolute atomic E-state index is 12.6. The van der Waals surface area contributed by atoms with Gasteiger partial charge in [0.1, 0.15) is 0 Å². The van der Waals surface area contributed by atoms with Crippen LogP contribution in [0.15, 0.2) is 36.8 Å². The fourth-order valence-corrected chi connectivity index (χ4v) is 3.90. The zero-order valence-electron chi connectivity index (χ0n) is 14.9. The number of hydrogen-bond donors (Lipinski definition) is 1. The molecule has 0 fully saturated rings. The lowest BCUT2D eigenvalue weighted by Crippen LogP contribution is -2.42. The van der Waals surface area contributed by atoms with Gasteiger partial charge in [-0.05, 0) is 32.4 Å². The molecule has 10 heteroatoms. The molecule has 3 aromatic rings. The van der Waals surface area contributed by atoms with Gasteiger partial charge in [-0.2, -0.15) is 4.98 Å². The standard InChI is InChI=1S/C16H20N4O5S/c1-5-16(3,4)19-26(22,23)11-6-7-12-13(8-11)24-15(21)20(12)9-14-17-10(2)25-18-14/h6-8,19H,5,9H2,1-4H3. The summed E-state index contributed by atoms with van der Waals surface area (Å²) in [7, 11) is -3.74. The van der Waals surface area contributed by atoms with Gasteiger partial charge in [0.25, 0.3) is 0 Å². The fraction of sp³-hybridized carbons (Fsp3) is 0.438. The third-order valence-corrected chi connectivity index (χ3v) is 5.81. The van der Waals surface area contributed by atoms with Crippen LogP contribution in [0.5, 0.6) is 0 Å². The zero-order valence-corrected chi connectivity index (χ0v) is 15.8. The van der Waals surface area contributed by atoms with E-state index in [0.29, 0.717) is 23.7 Å². The van der Waals surface area contributed by atoms with Gasteiger partial charge in [-0.3, -0.25) is 4.57 Å². The molecule has 1 aromatic carbocycles. The van der Waals surface area contributed by atoms with Crippen LogP contribution < -0.4 is 10.5 Å². The van der Waals surface area contributed by atoms with E-state index in [-0.39, 0.29) is 17.0 Å². The Morgan fingerprint density at radius 2 is 2.04 bits per heavy atom. The van der Waals surface area contributed by atoms with Crippen LogP contribution in [0.1, 0.15) is 38.9 Å². The number of oxazole rings is 1. The van der Waals surface area contributed by atoms with E-state index in [1.54, 1.807) is 20.8 Å². The van der Waals surface area contributed by atoms with Gasteiger partial charge in [-0.15, -0.1) is 0 Å². The molecule has 9 nitrogen and oxygen atoms in total. The third-order valence-electron chi connectivity index (χ3n) is 4.11. The molecule has 26 heavy (non-hydrogen) atoms. The Bertz CT molecular complexity index is 1110. The number of benzene rings is 1. The average Bonchev–Trinajstić information content (AvgIpc) is 3.10. The number of aryl methyl sites for hydroxylation is 1. The molecular weight excluding hydrogens is 360 g/mol. The molecule has 3 rings (SSSR count). The normalized spacial score (nSPS) is 12.8. The highest BCUT2D eigenvalue weighted by Crippen LogP contribution is 2.21. The fourth-order valence-electron chi connectivity index (χ4n) is 2.41. The maximum atomic E-state index is 12.6. The number of fused-ring (bicyclic) bond motifs is 1. The van der Waals surface area contributed by atoms with Gasteiger partial charge in [0.05, 0.1) is 17.0 Å². The van der Waals surface area contributed by atoms with Crippen molar-refractivity contribution >= 4 is 21.1 Å². The topological polar surface area (TPSA) is 120 Å². The van der Waals surface area contributed by atoms with Gasteiger partial charge in [0.15, 0.2) is 11.4 Å². The van der Waals surface area contributed by atoms with Crippen molar-refractivity contribution in [1.82, 2.24) is 19.4 Å². The number of sulfonamides is 1. The van der Waals surface area contributed by atoms with Crippen LogP contribution in [0, 0.1) is 6.92 Å². The molecule has 0 saturated carbocycles. The molecule has 0 aliphatic rings. The first kappa shape index (κ1) is 18.3. The lowest BCUT2D eigenvalue weighted by molar-refractivity contribution is 0.385. The Balaban J connectivity index is 1.99.